The van der Waals surface area contributed by atoms with Crippen molar-refractivity contribution < 1.29 is 14.0 Å². The Hall–Kier alpha value is -3.09. The molecule has 1 N–H and O–H groups in total. The first-order valence-electron chi connectivity index (χ1n) is 9.95. The first kappa shape index (κ1) is 19.8. The van der Waals surface area contributed by atoms with Gasteiger partial charge in [0.05, 0.1) is 5.92 Å². The summed E-state index contributed by atoms with van der Waals surface area (Å²) in [5.74, 6) is -2.05. The van der Waals surface area contributed by atoms with Crippen LogP contribution in [0.5, 0.6) is 0 Å². The van der Waals surface area contributed by atoms with Crippen LogP contribution < -0.4 is 5.32 Å². The number of hydrogen-bond donors (Lipinski definition) is 1. The monoisotopic (exact) mass is 435 g/mol. The van der Waals surface area contributed by atoms with E-state index >= 15 is 0 Å². The number of pyridine rings is 1. The molecule has 2 aliphatic rings. The Morgan fingerprint density at radius 1 is 1.23 bits per heavy atom. The fourth-order valence-corrected chi connectivity index (χ4v) is 5.24. The Balaban J connectivity index is 1.74. The predicted molar refractivity (Wildman–Crippen MR) is 116 cm³/mol. The fraction of sp³-hybridized carbons (Fsp3) is 0.208. The average molecular weight is 436 g/mol. The minimum Gasteiger partial charge on any atom is -0.324 e. The topological polar surface area (TPSA) is 62.3 Å². The summed E-state index contributed by atoms with van der Waals surface area (Å²) in [6.45, 7) is 0.446. The molecule has 0 aliphatic carbocycles. The number of nitrogens with one attached hydrogen (secondary N) is 1. The molecule has 1 fully saturated rings. The zero-order valence-electron chi connectivity index (χ0n) is 16.7. The van der Waals surface area contributed by atoms with E-state index in [9.17, 15) is 14.0 Å². The molecule has 5 rings (SSSR count). The lowest BCUT2D eigenvalue weighted by Gasteiger charge is -2.35. The number of anilines is 1. The number of likely N-dealkylation sites (N-methyl/N-ethyl adjacent to an activating group) is 1. The van der Waals surface area contributed by atoms with Crippen molar-refractivity contribution in [3.63, 3.8) is 0 Å². The van der Waals surface area contributed by atoms with Crippen LogP contribution >= 0.6 is 11.6 Å². The molecule has 1 unspecified atom stereocenters. The molecule has 7 heteroatoms. The van der Waals surface area contributed by atoms with E-state index in [1.165, 1.54) is 18.3 Å². The van der Waals surface area contributed by atoms with Gasteiger partial charge in [0, 0.05) is 46.7 Å². The molecule has 156 valence electrons. The van der Waals surface area contributed by atoms with Gasteiger partial charge in [-0.3, -0.25) is 19.5 Å². The number of halogens is 2. The highest BCUT2D eigenvalue weighted by atomic mass is 35.5. The number of carbonyl (C=O) groups excluding carboxylic acids is 2. The number of rotatable bonds is 3. The number of aromatic nitrogens is 1. The van der Waals surface area contributed by atoms with Crippen LogP contribution in [0.15, 0.2) is 67.0 Å². The SMILES string of the molecule is CN1C[C@H](c2ccc(Cl)cc2)C(C(=O)c2cccnc2)[C@]12C(=O)Nc1ccc(F)cc12. The molecule has 31 heavy (non-hydrogen) atoms. The van der Waals surface area contributed by atoms with Gasteiger partial charge in [-0.15, -0.1) is 0 Å². The molecule has 3 atom stereocenters. The number of ketones is 1. The quantitative estimate of drug-likeness (QED) is 0.625. The largest absolute Gasteiger partial charge is 0.324 e. The normalized spacial score (nSPS) is 24.9. The van der Waals surface area contributed by atoms with E-state index in [0.29, 0.717) is 28.4 Å². The van der Waals surface area contributed by atoms with E-state index in [-0.39, 0.29) is 17.6 Å². The van der Waals surface area contributed by atoms with Gasteiger partial charge in [-0.2, -0.15) is 0 Å². The molecule has 1 saturated heterocycles. The Morgan fingerprint density at radius 3 is 2.71 bits per heavy atom. The van der Waals surface area contributed by atoms with Crippen molar-refractivity contribution in [2.75, 3.05) is 18.9 Å². The predicted octanol–water partition coefficient (Wildman–Crippen LogP) is 4.25. The Labute approximate surface area is 183 Å². The average Bonchev–Trinajstić information content (AvgIpc) is 3.24. The number of benzene rings is 2. The van der Waals surface area contributed by atoms with Crippen molar-refractivity contribution >= 4 is 29.0 Å². The van der Waals surface area contributed by atoms with Gasteiger partial charge in [0.25, 0.3) is 0 Å². The molecular weight excluding hydrogens is 417 g/mol. The van der Waals surface area contributed by atoms with Gasteiger partial charge >= 0.3 is 0 Å². The number of amides is 1. The lowest BCUT2D eigenvalue weighted by molar-refractivity contribution is -0.126. The van der Waals surface area contributed by atoms with Crippen molar-refractivity contribution in [1.29, 1.82) is 0 Å². The van der Waals surface area contributed by atoms with E-state index in [2.05, 4.69) is 10.3 Å². The van der Waals surface area contributed by atoms with E-state index < -0.39 is 17.3 Å². The molecule has 2 aliphatic heterocycles. The summed E-state index contributed by atoms with van der Waals surface area (Å²) in [5.41, 5.74) is 0.999. The summed E-state index contributed by atoms with van der Waals surface area (Å²) in [5, 5.41) is 3.46. The second kappa shape index (κ2) is 7.25. The Morgan fingerprint density at radius 2 is 2.00 bits per heavy atom. The molecule has 3 aromatic rings. The number of nitrogens with zero attached hydrogens (tertiary/aromatic N) is 2. The summed E-state index contributed by atoms with van der Waals surface area (Å²) >= 11 is 6.08. The van der Waals surface area contributed by atoms with Crippen LogP contribution in [0.2, 0.25) is 5.02 Å². The van der Waals surface area contributed by atoms with Crippen LogP contribution in [0.4, 0.5) is 10.1 Å². The molecule has 2 aromatic carbocycles. The number of carbonyl (C=O) groups is 2. The third kappa shape index (κ3) is 2.90. The van der Waals surface area contributed by atoms with E-state index in [4.69, 9.17) is 11.6 Å². The molecule has 0 saturated carbocycles. The maximum atomic E-state index is 14.3. The van der Waals surface area contributed by atoms with Crippen LogP contribution in [0.1, 0.15) is 27.4 Å². The summed E-state index contributed by atoms with van der Waals surface area (Å²) in [6, 6.07) is 14.9. The number of Topliss-reactive ketones (excluding diaryl/α,β-unsaturated/α-hetero) is 1. The van der Waals surface area contributed by atoms with Crippen LogP contribution in [0.3, 0.4) is 0 Å². The summed E-state index contributed by atoms with van der Waals surface area (Å²) in [6.07, 6.45) is 3.10. The van der Waals surface area contributed by atoms with Crippen LogP contribution in [-0.2, 0) is 10.3 Å². The fourth-order valence-electron chi connectivity index (χ4n) is 5.11. The van der Waals surface area contributed by atoms with E-state index in [1.54, 1.807) is 43.6 Å². The second-order valence-corrected chi connectivity index (χ2v) is 8.47. The number of likely N-dealkylation sites (tertiary alicyclic amines) is 1. The molecular formula is C24H19ClFN3O2. The molecule has 0 radical (unpaired) electrons. The maximum Gasteiger partial charge on any atom is 0.250 e. The zero-order valence-corrected chi connectivity index (χ0v) is 17.4. The third-order valence-corrected chi connectivity index (χ3v) is 6.69. The van der Waals surface area contributed by atoms with Crippen molar-refractivity contribution in [3.05, 3.63) is 94.5 Å². The number of fused-ring (bicyclic) bond motifs is 2. The second-order valence-electron chi connectivity index (χ2n) is 8.03. The van der Waals surface area contributed by atoms with Crippen LogP contribution in [0.25, 0.3) is 0 Å². The molecule has 1 aromatic heterocycles. The van der Waals surface area contributed by atoms with Crippen LogP contribution in [0, 0.1) is 11.7 Å². The summed E-state index contributed by atoms with van der Waals surface area (Å²) < 4.78 is 14.3. The highest BCUT2D eigenvalue weighted by Crippen LogP contribution is 2.55. The van der Waals surface area contributed by atoms with Gasteiger partial charge in [0.1, 0.15) is 11.4 Å². The molecule has 0 bridgehead atoms. The van der Waals surface area contributed by atoms with Gasteiger partial charge in [-0.05, 0) is 55.1 Å². The van der Waals surface area contributed by atoms with Gasteiger partial charge in [-0.25, -0.2) is 4.39 Å². The van der Waals surface area contributed by atoms with Gasteiger partial charge in [-0.1, -0.05) is 23.7 Å². The minimum absolute atomic E-state index is 0.204. The lowest BCUT2D eigenvalue weighted by atomic mass is 9.70. The van der Waals surface area contributed by atoms with Gasteiger partial charge in [0.2, 0.25) is 5.91 Å². The smallest absolute Gasteiger partial charge is 0.250 e. The van der Waals surface area contributed by atoms with Crippen molar-refractivity contribution in [1.82, 2.24) is 9.88 Å². The van der Waals surface area contributed by atoms with Gasteiger partial charge in [0.15, 0.2) is 5.78 Å². The zero-order chi connectivity index (χ0) is 21.8. The Bertz CT molecular complexity index is 1190. The summed E-state index contributed by atoms with van der Waals surface area (Å²) in [7, 11) is 1.80. The van der Waals surface area contributed by atoms with Crippen LogP contribution in [-0.4, -0.2) is 35.2 Å². The van der Waals surface area contributed by atoms with Crippen molar-refractivity contribution in [2.45, 2.75) is 11.5 Å². The Kier molecular flexibility index (Phi) is 4.64. The first-order valence-corrected chi connectivity index (χ1v) is 10.3. The highest BCUT2D eigenvalue weighted by molar-refractivity contribution is 6.30. The molecule has 5 nitrogen and oxygen atoms in total. The summed E-state index contributed by atoms with van der Waals surface area (Å²) in [4.78, 5) is 33.3. The lowest BCUT2D eigenvalue weighted by Crippen LogP contribution is -2.51. The molecule has 1 spiro atoms. The first-order chi connectivity index (χ1) is 14.9. The molecule has 3 heterocycles. The third-order valence-electron chi connectivity index (χ3n) is 6.44. The van der Waals surface area contributed by atoms with E-state index in [0.717, 1.165) is 5.56 Å². The maximum absolute atomic E-state index is 14.3. The van der Waals surface area contributed by atoms with Crippen molar-refractivity contribution in [3.8, 4) is 0 Å². The van der Waals surface area contributed by atoms with E-state index in [1.807, 2.05) is 17.0 Å². The van der Waals surface area contributed by atoms with Gasteiger partial charge < -0.3 is 5.32 Å². The standard InChI is InChI=1S/C24H19ClFN3O2/c1-29-13-18(14-4-6-16(25)7-5-14)21(22(30)15-3-2-10-27-12-15)24(29)19-11-17(26)8-9-20(19)28-23(24)31/h2-12,18,21H,13H2,1H3,(H,28,31)/t18-,21?,24-/m1/s1. The van der Waals surface area contributed by atoms with Crippen molar-refractivity contribution in [2.24, 2.45) is 5.92 Å². The highest BCUT2D eigenvalue weighted by Gasteiger charge is 2.64. The number of hydrogen-bond acceptors (Lipinski definition) is 4. The minimum atomic E-state index is -1.32. The molecule has 1 amide bonds.